The van der Waals surface area contributed by atoms with Crippen molar-refractivity contribution in [2.45, 2.75) is 19.4 Å². The molecule has 2 aromatic rings. The molecule has 1 unspecified atom stereocenters. The quantitative estimate of drug-likeness (QED) is 0.620. The van der Waals surface area contributed by atoms with Gasteiger partial charge in [-0.3, -0.25) is 10.1 Å². The third kappa shape index (κ3) is 2.53. The maximum Gasteiger partial charge on any atom is 0.100 e. The van der Waals surface area contributed by atoms with Crippen LogP contribution in [-0.2, 0) is 6.54 Å². The molecule has 1 aromatic heterocycles. The molecule has 0 spiro atoms. The lowest BCUT2D eigenvalue weighted by Gasteiger charge is -2.16. The number of nitrogens with one attached hydrogen (secondary N) is 1. The molecule has 0 aliphatic carbocycles. The average molecular weight is 228 g/mol. The fourth-order valence-electron chi connectivity index (χ4n) is 1.83. The molecular weight excluding hydrogens is 212 g/mol. The van der Waals surface area contributed by atoms with E-state index in [1.165, 1.54) is 0 Å². The van der Waals surface area contributed by atoms with E-state index in [0.717, 1.165) is 11.3 Å². The van der Waals surface area contributed by atoms with E-state index < -0.39 is 0 Å². The van der Waals surface area contributed by atoms with E-state index in [-0.39, 0.29) is 11.8 Å². The third-order valence-electron chi connectivity index (χ3n) is 2.86. The van der Waals surface area contributed by atoms with Crippen molar-refractivity contribution in [1.82, 2.24) is 9.78 Å². The van der Waals surface area contributed by atoms with Crippen molar-refractivity contribution in [3.05, 3.63) is 53.9 Å². The summed E-state index contributed by atoms with van der Waals surface area (Å²) < 4.78 is 1.87. The minimum Gasteiger partial charge on any atom is -0.387 e. The summed E-state index contributed by atoms with van der Waals surface area (Å²) in [4.78, 5) is 0. The Labute approximate surface area is 101 Å². The molecule has 1 heterocycles. The number of rotatable bonds is 4. The smallest absolute Gasteiger partial charge is 0.100 e. The van der Waals surface area contributed by atoms with Crippen LogP contribution in [0.5, 0.6) is 0 Å². The zero-order valence-corrected chi connectivity index (χ0v) is 9.80. The molecule has 2 rings (SSSR count). The Morgan fingerprint density at radius 3 is 2.59 bits per heavy atom. The van der Waals surface area contributed by atoms with Crippen LogP contribution >= 0.6 is 0 Å². The second-order valence-electron chi connectivity index (χ2n) is 4.07. The zero-order valence-electron chi connectivity index (χ0n) is 9.80. The van der Waals surface area contributed by atoms with Gasteiger partial charge >= 0.3 is 0 Å². The van der Waals surface area contributed by atoms with E-state index in [1.54, 1.807) is 6.20 Å². The minimum atomic E-state index is -0.116. The van der Waals surface area contributed by atoms with E-state index in [9.17, 15) is 0 Å². The van der Waals surface area contributed by atoms with Crippen LogP contribution in [0.3, 0.4) is 0 Å². The number of amidine groups is 1. The van der Waals surface area contributed by atoms with Gasteiger partial charge in [0.1, 0.15) is 5.84 Å². The molecular formula is C13H16N4. The summed E-state index contributed by atoms with van der Waals surface area (Å²) in [6.45, 7) is 2.60. The highest BCUT2D eigenvalue weighted by Crippen LogP contribution is 2.17. The number of hydrogen-bond acceptors (Lipinski definition) is 2. The monoisotopic (exact) mass is 228 g/mol. The van der Waals surface area contributed by atoms with Crippen LogP contribution in [0.2, 0.25) is 0 Å². The van der Waals surface area contributed by atoms with Crippen molar-refractivity contribution in [2.24, 2.45) is 5.73 Å². The van der Waals surface area contributed by atoms with Crippen LogP contribution in [0.15, 0.2) is 42.6 Å². The van der Waals surface area contributed by atoms with Crippen molar-refractivity contribution in [3.8, 4) is 0 Å². The van der Waals surface area contributed by atoms with E-state index in [0.29, 0.717) is 6.54 Å². The Bertz CT molecular complexity index is 501. The van der Waals surface area contributed by atoms with Crippen molar-refractivity contribution < 1.29 is 0 Å². The SMILES string of the molecule is Cc1ccnn1CC(C(=N)N)c1ccccc1. The van der Waals surface area contributed by atoms with Gasteiger partial charge in [-0.05, 0) is 18.6 Å². The number of hydrogen-bond donors (Lipinski definition) is 2. The molecule has 4 nitrogen and oxygen atoms in total. The molecule has 0 saturated heterocycles. The Hall–Kier alpha value is -2.10. The van der Waals surface area contributed by atoms with Crippen LogP contribution < -0.4 is 5.73 Å². The largest absolute Gasteiger partial charge is 0.387 e. The summed E-state index contributed by atoms with van der Waals surface area (Å²) in [6.07, 6.45) is 1.76. The normalized spacial score (nSPS) is 12.3. The number of benzene rings is 1. The van der Waals surface area contributed by atoms with Gasteiger partial charge in [-0.2, -0.15) is 5.10 Å². The summed E-state index contributed by atoms with van der Waals surface area (Å²) in [7, 11) is 0. The predicted octanol–water partition coefficient (Wildman–Crippen LogP) is 1.91. The van der Waals surface area contributed by atoms with Crippen LogP contribution in [0, 0.1) is 12.3 Å². The minimum absolute atomic E-state index is 0.116. The lowest BCUT2D eigenvalue weighted by atomic mass is 9.98. The second kappa shape index (κ2) is 4.82. The molecule has 0 aliphatic heterocycles. The molecule has 4 heteroatoms. The first-order chi connectivity index (χ1) is 8.18. The molecule has 0 radical (unpaired) electrons. The Kier molecular flexibility index (Phi) is 3.23. The van der Waals surface area contributed by atoms with Crippen LogP contribution in [-0.4, -0.2) is 15.6 Å². The Balaban J connectivity index is 2.26. The fraction of sp³-hybridized carbons (Fsp3) is 0.231. The number of nitrogens with two attached hydrogens (primary N) is 1. The van der Waals surface area contributed by atoms with Gasteiger partial charge in [0.15, 0.2) is 0 Å². The van der Waals surface area contributed by atoms with Crippen molar-refractivity contribution >= 4 is 5.84 Å². The molecule has 0 fully saturated rings. The van der Waals surface area contributed by atoms with E-state index in [2.05, 4.69) is 5.10 Å². The number of aryl methyl sites for hydroxylation is 1. The number of aromatic nitrogens is 2. The van der Waals surface area contributed by atoms with Crippen LogP contribution in [0.1, 0.15) is 17.2 Å². The van der Waals surface area contributed by atoms with Crippen LogP contribution in [0.25, 0.3) is 0 Å². The predicted molar refractivity (Wildman–Crippen MR) is 68.1 cm³/mol. The van der Waals surface area contributed by atoms with E-state index in [1.807, 2.05) is 48.0 Å². The molecule has 0 bridgehead atoms. The standard InChI is InChI=1S/C13H16N4/c1-10-7-8-16-17(10)9-12(13(14)15)11-5-3-2-4-6-11/h2-8,12H,9H2,1H3,(H3,14,15). The summed E-state index contributed by atoms with van der Waals surface area (Å²) in [5.74, 6) is 0.0564. The first kappa shape index (κ1) is 11.4. The maximum atomic E-state index is 7.70. The van der Waals surface area contributed by atoms with Gasteiger partial charge in [0.05, 0.1) is 12.5 Å². The fourth-order valence-corrected chi connectivity index (χ4v) is 1.83. The van der Waals surface area contributed by atoms with Crippen molar-refractivity contribution in [2.75, 3.05) is 0 Å². The first-order valence-corrected chi connectivity index (χ1v) is 5.55. The average Bonchev–Trinajstić information content (AvgIpc) is 2.72. The van der Waals surface area contributed by atoms with Gasteiger partial charge in [0.2, 0.25) is 0 Å². The lowest BCUT2D eigenvalue weighted by Crippen LogP contribution is -2.25. The molecule has 0 aliphatic rings. The van der Waals surface area contributed by atoms with Gasteiger partial charge in [-0.25, -0.2) is 0 Å². The first-order valence-electron chi connectivity index (χ1n) is 5.55. The molecule has 88 valence electrons. The maximum absolute atomic E-state index is 7.70. The van der Waals surface area contributed by atoms with Gasteiger partial charge in [0, 0.05) is 11.9 Å². The van der Waals surface area contributed by atoms with Gasteiger partial charge in [-0.15, -0.1) is 0 Å². The Morgan fingerprint density at radius 1 is 1.35 bits per heavy atom. The summed E-state index contributed by atoms with van der Waals surface area (Å²) in [5, 5.41) is 11.9. The summed E-state index contributed by atoms with van der Waals surface area (Å²) in [5.41, 5.74) is 7.80. The lowest BCUT2D eigenvalue weighted by molar-refractivity contribution is 0.571. The highest BCUT2D eigenvalue weighted by Gasteiger charge is 2.16. The molecule has 1 aromatic carbocycles. The number of nitrogens with zero attached hydrogens (tertiary/aromatic N) is 2. The summed E-state index contributed by atoms with van der Waals surface area (Å²) >= 11 is 0. The van der Waals surface area contributed by atoms with Gasteiger partial charge in [-0.1, -0.05) is 30.3 Å². The second-order valence-corrected chi connectivity index (χ2v) is 4.07. The van der Waals surface area contributed by atoms with Gasteiger partial charge < -0.3 is 5.73 Å². The highest BCUT2D eigenvalue weighted by atomic mass is 15.3. The molecule has 17 heavy (non-hydrogen) atoms. The molecule has 3 N–H and O–H groups in total. The summed E-state index contributed by atoms with van der Waals surface area (Å²) in [6, 6.07) is 11.8. The Morgan fingerprint density at radius 2 is 2.06 bits per heavy atom. The van der Waals surface area contributed by atoms with E-state index in [4.69, 9.17) is 11.1 Å². The highest BCUT2D eigenvalue weighted by molar-refractivity contribution is 5.84. The van der Waals surface area contributed by atoms with E-state index >= 15 is 0 Å². The van der Waals surface area contributed by atoms with Crippen LogP contribution in [0.4, 0.5) is 0 Å². The molecule has 1 atom stereocenters. The van der Waals surface area contributed by atoms with Gasteiger partial charge in [0.25, 0.3) is 0 Å². The zero-order chi connectivity index (χ0) is 12.3. The molecule has 0 saturated carbocycles. The molecule has 0 amide bonds. The third-order valence-corrected chi connectivity index (χ3v) is 2.86. The van der Waals surface area contributed by atoms with Crippen molar-refractivity contribution in [3.63, 3.8) is 0 Å². The van der Waals surface area contributed by atoms with Crippen molar-refractivity contribution in [1.29, 1.82) is 5.41 Å². The topological polar surface area (TPSA) is 67.7 Å².